The van der Waals surface area contributed by atoms with Crippen molar-refractivity contribution in [1.29, 1.82) is 0 Å². The predicted octanol–water partition coefficient (Wildman–Crippen LogP) is 2.23. The molecule has 2 aromatic rings. The lowest BCUT2D eigenvalue weighted by Crippen LogP contribution is -2.42. The lowest BCUT2D eigenvalue weighted by Gasteiger charge is -2.27. The van der Waals surface area contributed by atoms with Crippen LogP contribution in [0.15, 0.2) is 29.3 Å². The van der Waals surface area contributed by atoms with Gasteiger partial charge in [-0.2, -0.15) is 0 Å². The van der Waals surface area contributed by atoms with Crippen molar-refractivity contribution in [3.05, 3.63) is 41.5 Å². The van der Waals surface area contributed by atoms with Crippen LogP contribution in [0.5, 0.6) is 5.75 Å². The normalized spacial score (nSPS) is 14.6. The molecule has 1 aromatic carbocycles. The Morgan fingerprint density at radius 2 is 1.97 bits per heavy atom. The first-order chi connectivity index (χ1) is 15.5. The van der Waals surface area contributed by atoms with E-state index in [9.17, 15) is 0 Å². The molecule has 33 heavy (non-hydrogen) atoms. The number of halogens is 1. The van der Waals surface area contributed by atoms with Gasteiger partial charge in [-0.25, -0.2) is 4.99 Å². The second-order valence-corrected chi connectivity index (χ2v) is 8.13. The van der Waals surface area contributed by atoms with Crippen molar-refractivity contribution in [3.63, 3.8) is 0 Å². The first-order valence-corrected chi connectivity index (χ1v) is 11.4. The maximum atomic E-state index is 5.98. The monoisotopic (exact) mass is 571 g/mol. The number of aryl methyl sites for hydroxylation is 2. The number of ether oxygens (including phenoxy) is 2. The third-order valence-corrected chi connectivity index (χ3v) is 5.73. The minimum atomic E-state index is 0. The van der Waals surface area contributed by atoms with Crippen LogP contribution in [0.2, 0.25) is 0 Å². The molecule has 0 bridgehead atoms. The zero-order valence-corrected chi connectivity index (χ0v) is 22.6. The minimum absolute atomic E-state index is 0. The first kappa shape index (κ1) is 27.3. The van der Waals surface area contributed by atoms with Gasteiger partial charge >= 0.3 is 0 Å². The van der Waals surface area contributed by atoms with E-state index in [2.05, 4.69) is 38.3 Å². The van der Waals surface area contributed by atoms with Crippen molar-refractivity contribution < 1.29 is 9.47 Å². The molecule has 10 heteroatoms. The van der Waals surface area contributed by atoms with Crippen molar-refractivity contribution >= 4 is 29.9 Å². The maximum Gasteiger partial charge on any atom is 0.194 e. The summed E-state index contributed by atoms with van der Waals surface area (Å²) in [5.41, 5.74) is 1.14. The fraction of sp³-hybridized carbons (Fsp3) is 0.609. The summed E-state index contributed by atoms with van der Waals surface area (Å²) < 4.78 is 13.4. The topological polar surface area (TPSA) is 80.0 Å². The third-order valence-electron chi connectivity index (χ3n) is 5.73. The van der Waals surface area contributed by atoms with Gasteiger partial charge in [0, 0.05) is 33.7 Å². The quantitative estimate of drug-likeness (QED) is 0.203. The number of hydrogen-bond acceptors (Lipinski definition) is 6. The van der Waals surface area contributed by atoms with Crippen molar-refractivity contribution in [1.82, 2.24) is 29.9 Å². The number of nitrogens with zero attached hydrogens (tertiary/aromatic N) is 6. The fourth-order valence-electron chi connectivity index (χ4n) is 3.49. The summed E-state index contributed by atoms with van der Waals surface area (Å²) in [4.78, 5) is 9.37. The molecule has 0 aliphatic carbocycles. The van der Waals surface area contributed by atoms with E-state index in [1.807, 2.05) is 43.8 Å². The molecule has 0 spiro atoms. The Labute approximate surface area is 214 Å². The van der Waals surface area contributed by atoms with Gasteiger partial charge < -0.3 is 24.3 Å². The lowest BCUT2D eigenvalue weighted by molar-refractivity contribution is 0.0375. The van der Waals surface area contributed by atoms with Gasteiger partial charge in [-0.1, -0.05) is 18.2 Å². The summed E-state index contributed by atoms with van der Waals surface area (Å²) in [5, 5.41) is 11.9. The molecule has 1 aliphatic rings. The van der Waals surface area contributed by atoms with Gasteiger partial charge in [0.25, 0.3) is 0 Å². The molecule has 3 rings (SSSR count). The molecule has 2 heterocycles. The summed E-state index contributed by atoms with van der Waals surface area (Å²) in [7, 11) is 4.01. The van der Waals surface area contributed by atoms with Gasteiger partial charge in [0.05, 0.1) is 19.8 Å². The summed E-state index contributed by atoms with van der Waals surface area (Å²) >= 11 is 0. The number of guanidine groups is 1. The highest BCUT2D eigenvalue weighted by atomic mass is 127. The smallest absolute Gasteiger partial charge is 0.194 e. The molecule has 184 valence electrons. The number of hydrogen-bond donors (Lipinski definition) is 1. The summed E-state index contributed by atoms with van der Waals surface area (Å²) in [6, 6.07) is 8.08. The second-order valence-electron chi connectivity index (χ2n) is 8.13. The van der Waals surface area contributed by atoms with Crippen molar-refractivity contribution in [2.45, 2.75) is 26.8 Å². The lowest BCUT2D eigenvalue weighted by atomic mass is 10.2. The van der Waals surface area contributed by atoms with Crippen LogP contribution in [-0.4, -0.2) is 90.1 Å². The van der Waals surface area contributed by atoms with E-state index in [1.54, 1.807) is 0 Å². The van der Waals surface area contributed by atoms with Crippen LogP contribution in [0.3, 0.4) is 0 Å². The van der Waals surface area contributed by atoms with Gasteiger partial charge in [-0.15, -0.1) is 34.2 Å². The van der Waals surface area contributed by atoms with E-state index in [-0.39, 0.29) is 24.0 Å². The van der Waals surface area contributed by atoms with Crippen LogP contribution in [0.25, 0.3) is 0 Å². The van der Waals surface area contributed by atoms with Crippen LogP contribution in [0.1, 0.15) is 23.6 Å². The first-order valence-electron chi connectivity index (χ1n) is 11.4. The Morgan fingerprint density at radius 3 is 2.67 bits per heavy atom. The molecule has 0 radical (unpaired) electrons. The highest BCUT2D eigenvalue weighted by Crippen LogP contribution is 2.15. The molecule has 1 fully saturated rings. The number of morpholine rings is 1. The molecule has 9 nitrogen and oxygen atoms in total. The largest absolute Gasteiger partial charge is 0.491 e. The Morgan fingerprint density at radius 1 is 1.21 bits per heavy atom. The average molecular weight is 572 g/mol. The number of aliphatic imine (C=N–C) groups is 1. The van der Waals surface area contributed by atoms with E-state index in [0.29, 0.717) is 13.2 Å². The van der Waals surface area contributed by atoms with Gasteiger partial charge in [0.15, 0.2) is 11.8 Å². The Kier molecular flexibility index (Phi) is 11.9. The van der Waals surface area contributed by atoms with Crippen molar-refractivity contribution in [2.24, 2.45) is 12.0 Å². The number of nitrogens with one attached hydrogen (secondary N) is 1. The molecule has 1 saturated heterocycles. The SMILES string of the molecule is Cc1ccccc1OCCN(C)C(=NCc1nnc(C)n1C)NCCCN1CCOCC1.I. The van der Waals surface area contributed by atoms with E-state index >= 15 is 0 Å². The number of likely N-dealkylation sites (N-methyl/N-ethyl adjacent to an activating group) is 1. The number of para-hydroxylation sites is 1. The molecule has 0 saturated carbocycles. The summed E-state index contributed by atoms with van der Waals surface area (Å²) in [6.07, 6.45) is 1.05. The second kappa shape index (κ2) is 14.4. The van der Waals surface area contributed by atoms with Crippen LogP contribution in [0, 0.1) is 13.8 Å². The van der Waals surface area contributed by atoms with Gasteiger partial charge in [-0.05, 0) is 38.4 Å². The van der Waals surface area contributed by atoms with Crippen LogP contribution in [0.4, 0.5) is 0 Å². The molecule has 1 aliphatic heterocycles. The van der Waals surface area contributed by atoms with Crippen LogP contribution in [-0.2, 0) is 18.3 Å². The van der Waals surface area contributed by atoms with Crippen molar-refractivity contribution in [2.75, 3.05) is 59.6 Å². The van der Waals surface area contributed by atoms with E-state index in [4.69, 9.17) is 14.5 Å². The Hall–Kier alpha value is -1.92. The van der Waals surface area contributed by atoms with Crippen molar-refractivity contribution in [3.8, 4) is 5.75 Å². The standard InChI is InChI=1S/C23H37N7O2.HI/c1-19-8-5-6-9-21(19)32-17-12-28(3)23(25-18-22-27-26-20(2)29(22)4)24-10-7-11-30-13-15-31-16-14-30;/h5-6,8-9H,7,10-18H2,1-4H3,(H,24,25);1H. The molecule has 0 atom stereocenters. The number of rotatable bonds is 10. The summed E-state index contributed by atoms with van der Waals surface area (Å²) in [6.45, 7) is 11.4. The third kappa shape index (κ3) is 8.74. The molecule has 1 aromatic heterocycles. The molecular formula is C23H38IN7O2. The molecule has 0 unspecified atom stereocenters. The minimum Gasteiger partial charge on any atom is -0.491 e. The highest BCUT2D eigenvalue weighted by Gasteiger charge is 2.12. The van der Waals surface area contributed by atoms with Gasteiger partial charge in [0.1, 0.15) is 24.7 Å². The number of benzene rings is 1. The van der Waals surface area contributed by atoms with Crippen LogP contribution >= 0.6 is 24.0 Å². The van der Waals surface area contributed by atoms with E-state index in [0.717, 1.165) is 81.3 Å². The predicted molar refractivity (Wildman–Crippen MR) is 141 cm³/mol. The average Bonchev–Trinajstić information content (AvgIpc) is 3.12. The molecule has 1 N–H and O–H groups in total. The molecule has 0 amide bonds. The Bertz CT molecular complexity index is 868. The van der Waals surface area contributed by atoms with E-state index < -0.39 is 0 Å². The highest BCUT2D eigenvalue weighted by molar-refractivity contribution is 14.0. The van der Waals surface area contributed by atoms with E-state index in [1.165, 1.54) is 0 Å². The zero-order valence-electron chi connectivity index (χ0n) is 20.3. The Balaban J connectivity index is 0.00000385. The van der Waals surface area contributed by atoms with Crippen LogP contribution < -0.4 is 10.1 Å². The summed E-state index contributed by atoms with van der Waals surface area (Å²) in [5.74, 6) is 3.50. The van der Waals surface area contributed by atoms with Gasteiger partial charge in [-0.3, -0.25) is 4.90 Å². The van der Waals surface area contributed by atoms with Gasteiger partial charge in [0.2, 0.25) is 0 Å². The fourth-order valence-corrected chi connectivity index (χ4v) is 3.49. The maximum absolute atomic E-state index is 5.98. The molecular weight excluding hydrogens is 533 g/mol. The zero-order chi connectivity index (χ0) is 22.8. The number of aromatic nitrogens is 3.